The minimum absolute atomic E-state index is 0.790. The molecule has 0 aromatic carbocycles. The van der Waals surface area contributed by atoms with Crippen molar-refractivity contribution in [3.63, 3.8) is 0 Å². The topological polar surface area (TPSA) is 15.3 Å². The maximum atomic E-state index is 3.79. The molecule has 2 heterocycles. The third-order valence-electron chi connectivity index (χ3n) is 5.54. The van der Waals surface area contributed by atoms with Gasteiger partial charge in [-0.05, 0) is 51.6 Å². The van der Waals surface area contributed by atoms with Gasteiger partial charge in [0.15, 0.2) is 0 Å². The van der Waals surface area contributed by atoms with E-state index in [-0.39, 0.29) is 0 Å². The van der Waals surface area contributed by atoms with Crippen molar-refractivity contribution in [2.45, 2.75) is 89.8 Å². The number of rotatable bonds is 8. The lowest BCUT2D eigenvalue weighted by Gasteiger charge is -2.40. The zero-order valence-corrected chi connectivity index (χ0v) is 13.3. The molecule has 19 heavy (non-hydrogen) atoms. The molecule has 0 radical (unpaired) electrons. The quantitative estimate of drug-likeness (QED) is 0.672. The van der Waals surface area contributed by atoms with Crippen LogP contribution in [0.3, 0.4) is 0 Å². The second kappa shape index (κ2) is 7.64. The SMILES string of the molecule is CCCCCCC(NCC)C1CC2CCC(C1)N2C. The molecule has 2 rings (SSSR count). The Labute approximate surface area is 120 Å². The first kappa shape index (κ1) is 15.3. The summed E-state index contributed by atoms with van der Waals surface area (Å²) in [7, 11) is 2.35. The summed E-state index contributed by atoms with van der Waals surface area (Å²) in [5.41, 5.74) is 0. The second-order valence-electron chi connectivity index (χ2n) is 6.80. The van der Waals surface area contributed by atoms with Crippen LogP contribution < -0.4 is 5.32 Å². The van der Waals surface area contributed by atoms with E-state index in [9.17, 15) is 0 Å². The zero-order valence-electron chi connectivity index (χ0n) is 13.3. The number of piperidine rings is 1. The van der Waals surface area contributed by atoms with Crippen LogP contribution in [-0.2, 0) is 0 Å². The number of unbranched alkanes of at least 4 members (excludes halogenated alkanes) is 3. The van der Waals surface area contributed by atoms with Crippen LogP contribution in [0.15, 0.2) is 0 Å². The largest absolute Gasteiger partial charge is 0.314 e. The molecule has 2 heteroatoms. The molecule has 3 unspecified atom stereocenters. The average molecular weight is 266 g/mol. The van der Waals surface area contributed by atoms with Crippen molar-refractivity contribution in [3.8, 4) is 0 Å². The van der Waals surface area contributed by atoms with E-state index in [4.69, 9.17) is 0 Å². The van der Waals surface area contributed by atoms with Crippen molar-refractivity contribution in [2.24, 2.45) is 5.92 Å². The maximum Gasteiger partial charge on any atom is 0.00989 e. The van der Waals surface area contributed by atoms with Gasteiger partial charge in [-0.15, -0.1) is 0 Å². The zero-order chi connectivity index (χ0) is 13.7. The summed E-state index contributed by atoms with van der Waals surface area (Å²) in [6.07, 6.45) is 12.8. The van der Waals surface area contributed by atoms with E-state index in [1.165, 1.54) is 57.8 Å². The maximum absolute atomic E-state index is 3.79. The van der Waals surface area contributed by atoms with E-state index in [0.717, 1.165) is 30.6 Å². The highest BCUT2D eigenvalue weighted by Crippen LogP contribution is 2.39. The van der Waals surface area contributed by atoms with Gasteiger partial charge in [0.25, 0.3) is 0 Å². The van der Waals surface area contributed by atoms with Gasteiger partial charge in [0.1, 0.15) is 0 Å². The van der Waals surface area contributed by atoms with E-state index < -0.39 is 0 Å². The van der Waals surface area contributed by atoms with Crippen molar-refractivity contribution in [1.82, 2.24) is 10.2 Å². The first-order valence-corrected chi connectivity index (χ1v) is 8.71. The van der Waals surface area contributed by atoms with Gasteiger partial charge in [-0.1, -0.05) is 39.5 Å². The summed E-state index contributed by atoms with van der Waals surface area (Å²) in [5, 5.41) is 3.79. The monoisotopic (exact) mass is 266 g/mol. The first-order chi connectivity index (χ1) is 9.26. The van der Waals surface area contributed by atoms with E-state index in [2.05, 4.69) is 31.1 Å². The van der Waals surface area contributed by atoms with E-state index in [1.807, 2.05) is 0 Å². The van der Waals surface area contributed by atoms with E-state index in [1.54, 1.807) is 0 Å². The molecule has 0 amide bonds. The van der Waals surface area contributed by atoms with Crippen molar-refractivity contribution < 1.29 is 0 Å². The molecule has 3 atom stereocenters. The normalized spacial score (nSPS) is 32.7. The summed E-state index contributed by atoms with van der Waals surface area (Å²) in [5.74, 6) is 0.940. The standard InChI is InChI=1S/C17H34N2/c1-4-6-7-8-9-17(18-5-2)14-12-15-10-11-16(13-14)19(15)3/h14-18H,4-13H2,1-3H3. The summed E-state index contributed by atoms with van der Waals surface area (Å²) >= 11 is 0. The highest BCUT2D eigenvalue weighted by molar-refractivity contribution is 4.96. The number of nitrogens with zero attached hydrogens (tertiary/aromatic N) is 1. The summed E-state index contributed by atoms with van der Waals surface area (Å²) in [4.78, 5) is 2.66. The van der Waals surface area contributed by atoms with Gasteiger partial charge in [-0.3, -0.25) is 0 Å². The lowest BCUT2D eigenvalue weighted by atomic mass is 9.83. The summed E-state index contributed by atoms with van der Waals surface area (Å²) in [6.45, 7) is 5.71. The Morgan fingerprint density at radius 2 is 1.74 bits per heavy atom. The lowest BCUT2D eigenvalue weighted by Crippen LogP contribution is -2.47. The molecule has 112 valence electrons. The van der Waals surface area contributed by atoms with Gasteiger partial charge in [-0.2, -0.15) is 0 Å². The van der Waals surface area contributed by atoms with Gasteiger partial charge in [0.2, 0.25) is 0 Å². The predicted octanol–water partition coefficient (Wildman–Crippen LogP) is 3.81. The molecule has 2 fully saturated rings. The Morgan fingerprint density at radius 1 is 1.05 bits per heavy atom. The van der Waals surface area contributed by atoms with Crippen molar-refractivity contribution in [1.29, 1.82) is 0 Å². The fourth-order valence-electron chi connectivity index (χ4n) is 4.34. The Kier molecular flexibility index (Phi) is 6.15. The minimum Gasteiger partial charge on any atom is -0.314 e. The van der Waals surface area contributed by atoms with Crippen LogP contribution in [0.5, 0.6) is 0 Å². The Hall–Kier alpha value is -0.0800. The first-order valence-electron chi connectivity index (χ1n) is 8.71. The van der Waals surface area contributed by atoms with Gasteiger partial charge >= 0.3 is 0 Å². The fourth-order valence-corrected chi connectivity index (χ4v) is 4.34. The van der Waals surface area contributed by atoms with Crippen LogP contribution >= 0.6 is 0 Å². The van der Waals surface area contributed by atoms with Crippen LogP contribution in [0, 0.1) is 5.92 Å². The van der Waals surface area contributed by atoms with Gasteiger partial charge in [0, 0.05) is 18.1 Å². The molecule has 0 saturated carbocycles. The number of fused-ring (bicyclic) bond motifs is 2. The van der Waals surface area contributed by atoms with Gasteiger partial charge < -0.3 is 10.2 Å². The third-order valence-corrected chi connectivity index (χ3v) is 5.54. The molecule has 0 aromatic rings. The molecule has 2 aliphatic rings. The molecule has 0 spiro atoms. The predicted molar refractivity (Wildman–Crippen MR) is 83.5 cm³/mol. The molecule has 0 aliphatic carbocycles. The Morgan fingerprint density at radius 3 is 2.32 bits per heavy atom. The van der Waals surface area contributed by atoms with Crippen molar-refractivity contribution in [3.05, 3.63) is 0 Å². The molecular formula is C17H34N2. The second-order valence-corrected chi connectivity index (χ2v) is 6.80. The molecule has 2 saturated heterocycles. The number of nitrogens with one attached hydrogen (secondary N) is 1. The van der Waals surface area contributed by atoms with Crippen LogP contribution in [0.2, 0.25) is 0 Å². The Balaban J connectivity index is 1.81. The van der Waals surface area contributed by atoms with Gasteiger partial charge in [0.05, 0.1) is 0 Å². The third kappa shape index (κ3) is 3.95. The number of hydrogen-bond donors (Lipinski definition) is 1. The highest BCUT2D eigenvalue weighted by Gasteiger charge is 2.40. The number of hydrogen-bond acceptors (Lipinski definition) is 2. The van der Waals surface area contributed by atoms with Crippen LogP contribution in [-0.4, -0.2) is 36.6 Å². The van der Waals surface area contributed by atoms with Crippen molar-refractivity contribution >= 4 is 0 Å². The molecule has 2 nitrogen and oxygen atoms in total. The van der Waals surface area contributed by atoms with Crippen molar-refractivity contribution in [2.75, 3.05) is 13.6 Å². The molecule has 1 N–H and O–H groups in total. The average Bonchev–Trinajstić information content (AvgIpc) is 2.65. The summed E-state index contributed by atoms with van der Waals surface area (Å²) in [6, 6.07) is 2.57. The molecule has 2 aliphatic heterocycles. The highest BCUT2D eigenvalue weighted by atomic mass is 15.2. The van der Waals surface area contributed by atoms with E-state index in [0.29, 0.717) is 0 Å². The lowest BCUT2D eigenvalue weighted by molar-refractivity contribution is 0.110. The Bertz CT molecular complexity index is 240. The fraction of sp³-hybridized carbons (Fsp3) is 1.00. The van der Waals surface area contributed by atoms with Crippen LogP contribution in [0.4, 0.5) is 0 Å². The molecule has 2 bridgehead atoms. The van der Waals surface area contributed by atoms with E-state index >= 15 is 0 Å². The van der Waals surface area contributed by atoms with Crippen LogP contribution in [0.1, 0.15) is 71.6 Å². The smallest absolute Gasteiger partial charge is 0.00989 e. The van der Waals surface area contributed by atoms with Gasteiger partial charge in [-0.25, -0.2) is 0 Å². The minimum atomic E-state index is 0.790. The molecular weight excluding hydrogens is 232 g/mol. The molecule has 0 aromatic heterocycles. The van der Waals surface area contributed by atoms with Crippen LogP contribution in [0.25, 0.3) is 0 Å². The summed E-state index contributed by atoms with van der Waals surface area (Å²) < 4.78 is 0.